The SMILES string of the molecule is C[C@@H]1CCN(C(=O)c2ccc(C(F)(F)F)cc2)C[C@@H]1c1ncc2cnc3[nH]ccc3n12. The highest BCUT2D eigenvalue weighted by atomic mass is 19.4. The molecule has 0 unspecified atom stereocenters. The molecule has 1 aliphatic rings. The van der Waals surface area contributed by atoms with Crippen molar-refractivity contribution in [1.82, 2.24) is 24.3 Å². The van der Waals surface area contributed by atoms with E-state index in [4.69, 9.17) is 0 Å². The van der Waals surface area contributed by atoms with E-state index in [1.54, 1.807) is 17.3 Å². The van der Waals surface area contributed by atoms with Gasteiger partial charge in [0.15, 0.2) is 5.65 Å². The minimum Gasteiger partial charge on any atom is -0.345 e. The van der Waals surface area contributed by atoms with Crippen LogP contribution in [0.2, 0.25) is 0 Å². The molecule has 4 heterocycles. The summed E-state index contributed by atoms with van der Waals surface area (Å²) in [5.41, 5.74) is 2.05. The van der Waals surface area contributed by atoms with Crippen molar-refractivity contribution in [2.45, 2.75) is 25.4 Å². The summed E-state index contributed by atoms with van der Waals surface area (Å²) in [6, 6.07) is 6.35. The molecule has 0 radical (unpaired) electrons. The van der Waals surface area contributed by atoms with Crippen LogP contribution in [-0.4, -0.2) is 43.2 Å². The summed E-state index contributed by atoms with van der Waals surface area (Å²) in [5.74, 6) is 0.888. The number of alkyl halides is 3. The number of H-pyrrole nitrogens is 1. The molecule has 2 atom stereocenters. The number of rotatable bonds is 2. The summed E-state index contributed by atoms with van der Waals surface area (Å²) >= 11 is 0. The number of aromatic amines is 1. The van der Waals surface area contributed by atoms with Gasteiger partial charge in [0.05, 0.1) is 29.0 Å². The zero-order valence-corrected chi connectivity index (χ0v) is 16.7. The number of halogens is 3. The monoisotopic (exact) mass is 427 g/mol. The van der Waals surface area contributed by atoms with Gasteiger partial charge in [-0.2, -0.15) is 13.2 Å². The topological polar surface area (TPSA) is 66.3 Å². The van der Waals surface area contributed by atoms with Gasteiger partial charge in [-0.05, 0) is 42.7 Å². The number of hydrogen-bond acceptors (Lipinski definition) is 3. The molecule has 1 saturated heterocycles. The molecule has 0 bridgehead atoms. The van der Waals surface area contributed by atoms with Gasteiger partial charge in [-0.25, -0.2) is 9.97 Å². The van der Waals surface area contributed by atoms with E-state index < -0.39 is 11.7 Å². The summed E-state index contributed by atoms with van der Waals surface area (Å²) in [6.07, 6.45) is 1.72. The summed E-state index contributed by atoms with van der Waals surface area (Å²) in [7, 11) is 0. The molecule has 4 aromatic rings. The molecule has 9 heteroatoms. The van der Waals surface area contributed by atoms with E-state index in [9.17, 15) is 18.0 Å². The molecule has 1 fully saturated rings. The first-order valence-electron chi connectivity index (χ1n) is 10.1. The number of fused-ring (bicyclic) bond motifs is 3. The molecule has 0 saturated carbocycles. The van der Waals surface area contributed by atoms with Crippen LogP contribution in [0.1, 0.15) is 41.0 Å². The molecule has 0 spiro atoms. The first kappa shape index (κ1) is 19.6. The number of imidazole rings is 1. The Morgan fingerprint density at radius 2 is 1.87 bits per heavy atom. The van der Waals surface area contributed by atoms with Crippen LogP contribution >= 0.6 is 0 Å². The van der Waals surface area contributed by atoms with Crippen molar-refractivity contribution in [3.63, 3.8) is 0 Å². The van der Waals surface area contributed by atoms with Crippen molar-refractivity contribution in [3.8, 4) is 0 Å². The fourth-order valence-electron chi connectivity index (χ4n) is 4.34. The van der Waals surface area contributed by atoms with E-state index in [0.717, 1.165) is 41.1 Å². The Balaban J connectivity index is 1.45. The van der Waals surface area contributed by atoms with Crippen molar-refractivity contribution in [3.05, 3.63) is 65.9 Å². The van der Waals surface area contributed by atoms with Gasteiger partial charge in [-0.3, -0.25) is 9.20 Å². The van der Waals surface area contributed by atoms with Gasteiger partial charge < -0.3 is 9.88 Å². The number of amides is 1. The fraction of sp³-hybridized carbons (Fsp3) is 0.318. The number of piperidine rings is 1. The highest BCUT2D eigenvalue weighted by Crippen LogP contribution is 2.34. The average Bonchev–Trinajstić information content (AvgIpc) is 3.39. The van der Waals surface area contributed by atoms with Crippen LogP contribution in [0, 0.1) is 5.92 Å². The molecule has 1 aliphatic heterocycles. The van der Waals surface area contributed by atoms with E-state index in [1.807, 2.05) is 12.3 Å². The molecular weight excluding hydrogens is 407 g/mol. The van der Waals surface area contributed by atoms with Crippen LogP contribution in [0.15, 0.2) is 48.9 Å². The standard InChI is InChI=1S/C22H20F3N5O/c1-13-7-9-29(21(31)14-2-4-15(5-3-14)22(23,24)25)12-17(13)20-28-11-16-10-27-19-18(30(16)20)6-8-26-19/h2-6,8,10-11,13,17,26H,7,9,12H2,1H3/t13-,17+/m1/s1. The lowest BCUT2D eigenvalue weighted by molar-refractivity contribution is -0.137. The smallest absolute Gasteiger partial charge is 0.345 e. The Morgan fingerprint density at radius 3 is 2.61 bits per heavy atom. The molecule has 1 N–H and O–H groups in total. The minimum absolute atomic E-state index is 0.00449. The van der Waals surface area contributed by atoms with Gasteiger partial charge in [0, 0.05) is 30.8 Å². The first-order chi connectivity index (χ1) is 14.8. The summed E-state index contributed by atoms with van der Waals surface area (Å²) in [5, 5.41) is 0. The van der Waals surface area contributed by atoms with Crippen LogP contribution in [-0.2, 0) is 6.18 Å². The van der Waals surface area contributed by atoms with E-state index in [1.165, 1.54) is 12.1 Å². The number of nitrogens with one attached hydrogen (secondary N) is 1. The molecule has 0 aliphatic carbocycles. The number of carbonyl (C=O) groups excluding carboxylic acids is 1. The Morgan fingerprint density at radius 1 is 1.13 bits per heavy atom. The zero-order valence-electron chi connectivity index (χ0n) is 16.7. The lowest BCUT2D eigenvalue weighted by Crippen LogP contribution is -2.42. The lowest BCUT2D eigenvalue weighted by Gasteiger charge is -2.36. The Hall–Kier alpha value is -3.36. The molecule has 160 valence electrons. The zero-order chi connectivity index (χ0) is 21.8. The van der Waals surface area contributed by atoms with Crippen molar-refractivity contribution >= 4 is 22.6 Å². The summed E-state index contributed by atoms with van der Waals surface area (Å²) < 4.78 is 40.6. The van der Waals surface area contributed by atoms with Gasteiger partial charge in [0.2, 0.25) is 0 Å². The van der Waals surface area contributed by atoms with Crippen molar-refractivity contribution < 1.29 is 18.0 Å². The number of hydrogen-bond donors (Lipinski definition) is 1. The molecule has 5 rings (SSSR count). The third kappa shape index (κ3) is 3.34. The third-order valence-electron chi connectivity index (χ3n) is 6.12. The predicted molar refractivity (Wildman–Crippen MR) is 109 cm³/mol. The highest BCUT2D eigenvalue weighted by molar-refractivity contribution is 5.94. The lowest BCUT2D eigenvalue weighted by atomic mass is 9.86. The quantitative estimate of drug-likeness (QED) is 0.512. The van der Waals surface area contributed by atoms with Crippen LogP contribution in [0.3, 0.4) is 0 Å². The second-order valence-corrected chi connectivity index (χ2v) is 8.05. The van der Waals surface area contributed by atoms with Gasteiger partial charge in [0.1, 0.15) is 5.82 Å². The fourth-order valence-corrected chi connectivity index (χ4v) is 4.34. The maximum atomic E-state index is 13.0. The van der Waals surface area contributed by atoms with Gasteiger partial charge in [-0.15, -0.1) is 0 Å². The first-order valence-corrected chi connectivity index (χ1v) is 10.1. The Bertz CT molecular complexity index is 1260. The van der Waals surface area contributed by atoms with Crippen LogP contribution in [0.4, 0.5) is 13.2 Å². The molecule has 31 heavy (non-hydrogen) atoms. The number of carbonyl (C=O) groups is 1. The highest BCUT2D eigenvalue weighted by Gasteiger charge is 2.34. The maximum Gasteiger partial charge on any atom is 0.416 e. The van der Waals surface area contributed by atoms with Gasteiger partial charge in [-0.1, -0.05) is 6.92 Å². The molecule has 6 nitrogen and oxygen atoms in total. The largest absolute Gasteiger partial charge is 0.416 e. The molecule has 3 aromatic heterocycles. The molecular formula is C22H20F3N5O. The van der Waals surface area contributed by atoms with Crippen LogP contribution in [0.25, 0.3) is 16.7 Å². The summed E-state index contributed by atoms with van der Waals surface area (Å²) in [6.45, 7) is 3.15. The van der Waals surface area contributed by atoms with E-state index in [2.05, 4.69) is 26.3 Å². The normalized spacial score (nSPS) is 19.9. The van der Waals surface area contributed by atoms with Crippen molar-refractivity contribution in [2.24, 2.45) is 5.92 Å². The average molecular weight is 427 g/mol. The maximum absolute atomic E-state index is 13.0. The van der Waals surface area contributed by atoms with Crippen molar-refractivity contribution in [2.75, 3.05) is 13.1 Å². The van der Waals surface area contributed by atoms with E-state index in [-0.39, 0.29) is 17.4 Å². The molecule has 1 aromatic carbocycles. The van der Waals surface area contributed by atoms with E-state index in [0.29, 0.717) is 19.0 Å². The third-order valence-corrected chi connectivity index (χ3v) is 6.12. The Kier molecular flexibility index (Phi) is 4.49. The number of nitrogens with zero attached hydrogens (tertiary/aromatic N) is 4. The Labute approximate surface area is 175 Å². The van der Waals surface area contributed by atoms with Crippen LogP contribution in [0.5, 0.6) is 0 Å². The van der Waals surface area contributed by atoms with Crippen LogP contribution < -0.4 is 0 Å². The minimum atomic E-state index is -4.42. The second-order valence-electron chi connectivity index (χ2n) is 8.05. The van der Waals surface area contributed by atoms with Gasteiger partial charge >= 0.3 is 6.18 Å². The second kappa shape index (κ2) is 7.11. The van der Waals surface area contributed by atoms with Crippen molar-refractivity contribution in [1.29, 1.82) is 0 Å². The van der Waals surface area contributed by atoms with E-state index >= 15 is 0 Å². The number of aromatic nitrogens is 4. The predicted octanol–water partition coefficient (Wildman–Crippen LogP) is 4.50. The number of likely N-dealkylation sites (tertiary alicyclic amines) is 1. The number of benzene rings is 1. The molecule has 1 amide bonds. The summed E-state index contributed by atoms with van der Waals surface area (Å²) in [4.78, 5) is 26.9. The van der Waals surface area contributed by atoms with Gasteiger partial charge in [0.25, 0.3) is 5.91 Å².